The van der Waals surface area contributed by atoms with Gasteiger partial charge in [0.15, 0.2) is 10.8 Å². The van der Waals surface area contributed by atoms with E-state index >= 15 is 0 Å². The summed E-state index contributed by atoms with van der Waals surface area (Å²) in [6.45, 7) is 0.971. The lowest BCUT2D eigenvalue weighted by Gasteiger charge is -2.06. The van der Waals surface area contributed by atoms with Crippen LogP contribution in [0, 0.1) is 6.92 Å². The van der Waals surface area contributed by atoms with Gasteiger partial charge in [0.1, 0.15) is 6.61 Å². The second kappa shape index (κ2) is 8.33. The summed E-state index contributed by atoms with van der Waals surface area (Å²) in [5.41, 5.74) is 0.548. The predicted molar refractivity (Wildman–Crippen MR) is 93.7 cm³/mol. The fourth-order valence-electron chi connectivity index (χ4n) is 1.98. The van der Waals surface area contributed by atoms with Crippen LogP contribution in [0.15, 0.2) is 24.3 Å². The number of nitrogens with zero attached hydrogens (tertiary/aromatic N) is 1. The molecule has 1 aromatic heterocycles. The van der Waals surface area contributed by atoms with Crippen LogP contribution in [0.2, 0.25) is 0 Å². The maximum atomic E-state index is 13.2. The number of thiazole rings is 1. The summed E-state index contributed by atoms with van der Waals surface area (Å²) in [5, 5.41) is 1.83. The van der Waals surface area contributed by atoms with E-state index in [2.05, 4.69) is 14.5 Å². The zero-order valence-electron chi connectivity index (χ0n) is 14.3. The Morgan fingerprint density at radius 3 is 2.44 bits per heavy atom. The number of carbonyl (C=O) groups excluding carboxylic acids is 1. The van der Waals surface area contributed by atoms with Gasteiger partial charge in [0.25, 0.3) is 5.91 Å². The Morgan fingerprint density at radius 1 is 1.26 bits per heavy atom. The summed E-state index contributed by atoms with van der Waals surface area (Å²) >= 11 is 0.669. The van der Waals surface area contributed by atoms with Gasteiger partial charge in [-0.25, -0.2) is 9.17 Å². The molecule has 0 aliphatic rings. The van der Waals surface area contributed by atoms with E-state index in [0.717, 1.165) is 12.6 Å². The zero-order valence-corrected chi connectivity index (χ0v) is 15.9. The van der Waals surface area contributed by atoms with Gasteiger partial charge < -0.3 is 0 Å². The molecule has 148 valence electrons. The van der Waals surface area contributed by atoms with E-state index in [1.165, 1.54) is 0 Å². The number of rotatable bonds is 7. The standard InChI is InChI=1S/C15H16F3N3O4S2/c1-9-3-5-10(6-4-9)7-11-13(15(16,17)18)21-14(26-11)20-12(22)8-25-27(23,24)19-2/h3-6,19H,7-8H2,1-2H3,(H,20,21,22). The Bertz CT molecular complexity index is 909. The van der Waals surface area contributed by atoms with Crippen LogP contribution in [0.5, 0.6) is 0 Å². The topological polar surface area (TPSA) is 97.4 Å². The van der Waals surface area contributed by atoms with Gasteiger partial charge in [0.05, 0.1) is 0 Å². The fraction of sp³-hybridized carbons (Fsp3) is 0.333. The first-order valence-corrected chi connectivity index (χ1v) is 9.73. The summed E-state index contributed by atoms with van der Waals surface area (Å²) in [6.07, 6.45) is -4.70. The molecule has 0 spiro atoms. The van der Waals surface area contributed by atoms with Crippen LogP contribution < -0.4 is 10.0 Å². The van der Waals surface area contributed by atoms with Gasteiger partial charge in [-0.05, 0) is 12.5 Å². The molecule has 0 unspecified atom stereocenters. The molecule has 0 atom stereocenters. The Kier molecular flexibility index (Phi) is 6.57. The highest BCUT2D eigenvalue weighted by Crippen LogP contribution is 2.37. The number of hydrogen-bond donors (Lipinski definition) is 2. The minimum absolute atomic E-state index is 0.00665. The SMILES string of the molecule is CNS(=O)(=O)OCC(=O)Nc1nc(C(F)(F)F)c(Cc2ccc(C)cc2)s1. The number of alkyl halides is 3. The van der Waals surface area contributed by atoms with E-state index in [1.807, 2.05) is 11.6 Å². The Balaban J connectivity index is 2.17. The molecule has 0 bridgehead atoms. The van der Waals surface area contributed by atoms with Crippen LogP contribution in [0.25, 0.3) is 0 Å². The maximum Gasteiger partial charge on any atom is 0.434 e. The molecule has 1 heterocycles. The number of halogens is 3. The minimum Gasteiger partial charge on any atom is -0.300 e. The molecule has 0 saturated heterocycles. The Morgan fingerprint density at radius 2 is 1.89 bits per heavy atom. The van der Waals surface area contributed by atoms with Crippen molar-refractivity contribution in [2.24, 2.45) is 0 Å². The molecular formula is C15H16F3N3O4S2. The van der Waals surface area contributed by atoms with E-state index in [-0.39, 0.29) is 16.4 Å². The summed E-state index contributed by atoms with van der Waals surface area (Å²) in [6, 6.07) is 6.99. The molecule has 2 rings (SSSR count). The molecule has 0 radical (unpaired) electrons. The quantitative estimate of drug-likeness (QED) is 0.713. The summed E-state index contributed by atoms with van der Waals surface area (Å²) < 4.78 is 68.1. The van der Waals surface area contributed by atoms with E-state index in [1.54, 1.807) is 24.3 Å². The molecule has 7 nitrogen and oxygen atoms in total. The van der Waals surface area contributed by atoms with E-state index in [9.17, 15) is 26.4 Å². The van der Waals surface area contributed by atoms with Crippen LogP contribution in [-0.2, 0) is 31.9 Å². The summed E-state index contributed by atoms with van der Waals surface area (Å²) in [4.78, 5) is 15.1. The molecular weight excluding hydrogens is 407 g/mol. The van der Waals surface area contributed by atoms with Crippen molar-refractivity contribution in [1.82, 2.24) is 9.71 Å². The van der Waals surface area contributed by atoms with Gasteiger partial charge in [-0.3, -0.25) is 10.1 Å². The Labute approximate surface area is 157 Å². The van der Waals surface area contributed by atoms with E-state index in [0.29, 0.717) is 16.9 Å². The monoisotopic (exact) mass is 423 g/mol. The first-order chi connectivity index (χ1) is 12.5. The van der Waals surface area contributed by atoms with Gasteiger partial charge in [0.2, 0.25) is 0 Å². The van der Waals surface area contributed by atoms with Crippen LogP contribution in [0.1, 0.15) is 21.7 Å². The van der Waals surface area contributed by atoms with Crippen molar-refractivity contribution < 1.29 is 30.6 Å². The first kappa shape index (κ1) is 21.3. The molecule has 1 amide bonds. The minimum atomic E-state index is -4.69. The van der Waals surface area contributed by atoms with Crippen molar-refractivity contribution in [2.75, 3.05) is 19.0 Å². The van der Waals surface area contributed by atoms with Crippen molar-refractivity contribution >= 4 is 32.7 Å². The second-order valence-corrected chi connectivity index (χ2v) is 8.06. The molecule has 0 aliphatic heterocycles. The van der Waals surface area contributed by atoms with E-state index < -0.39 is 34.7 Å². The average molecular weight is 423 g/mol. The van der Waals surface area contributed by atoms with Crippen LogP contribution in [0.4, 0.5) is 18.3 Å². The molecule has 0 aliphatic carbocycles. The first-order valence-electron chi connectivity index (χ1n) is 7.50. The summed E-state index contributed by atoms with van der Waals surface area (Å²) in [5.74, 6) is -0.946. The van der Waals surface area contributed by atoms with Gasteiger partial charge in [-0.2, -0.15) is 26.3 Å². The number of aromatic nitrogens is 1. The van der Waals surface area contributed by atoms with Crippen LogP contribution >= 0.6 is 11.3 Å². The molecule has 27 heavy (non-hydrogen) atoms. The third-order valence-corrected chi connectivity index (χ3v) is 5.19. The largest absolute Gasteiger partial charge is 0.434 e. The van der Waals surface area contributed by atoms with Crippen molar-refractivity contribution in [1.29, 1.82) is 0 Å². The summed E-state index contributed by atoms with van der Waals surface area (Å²) in [7, 11) is -3.00. The highest BCUT2D eigenvalue weighted by molar-refractivity contribution is 7.84. The number of aryl methyl sites for hydroxylation is 1. The molecule has 2 aromatic rings. The van der Waals surface area contributed by atoms with Crippen LogP contribution in [0.3, 0.4) is 0 Å². The second-order valence-electron chi connectivity index (χ2n) is 5.42. The maximum absolute atomic E-state index is 13.2. The number of nitrogens with one attached hydrogen (secondary N) is 2. The van der Waals surface area contributed by atoms with Gasteiger partial charge in [-0.15, -0.1) is 11.3 Å². The highest BCUT2D eigenvalue weighted by Gasteiger charge is 2.37. The number of carbonyl (C=O) groups is 1. The normalized spacial score (nSPS) is 12.2. The lowest BCUT2D eigenvalue weighted by atomic mass is 10.1. The molecule has 0 saturated carbocycles. The van der Waals surface area contributed by atoms with Crippen molar-refractivity contribution in [2.45, 2.75) is 19.5 Å². The highest BCUT2D eigenvalue weighted by atomic mass is 32.2. The van der Waals surface area contributed by atoms with Crippen molar-refractivity contribution in [3.8, 4) is 0 Å². The van der Waals surface area contributed by atoms with Crippen molar-refractivity contribution in [3.63, 3.8) is 0 Å². The Hall–Kier alpha value is -2.02. The smallest absolute Gasteiger partial charge is 0.300 e. The third-order valence-electron chi connectivity index (χ3n) is 3.29. The number of hydrogen-bond acceptors (Lipinski definition) is 6. The number of anilines is 1. The average Bonchev–Trinajstić information content (AvgIpc) is 2.98. The molecule has 0 fully saturated rings. The lowest BCUT2D eigenvalue weighted by Crippen LogP contribution is -2.27. The molecule has 1 aromatic carbocycles. The molecule has 2 N–H and O–H groups in total. The van der Waals surface area contributed by atoms with Crippen molar-refractivity contribution in [3.05, 3.63) is 46.0 Å². The third kappa shape index (κ3) is 6.27. The van der Waals surface area contributed by atoms with Gasteiger partial charge in [0, 0.05) is 18.3 Å². The van der Waals surface area contributed by atoms with Gasteiger partial charge >= 0.3 is 16.5 Å². The van der Waals surface area contributed by atoms with Crippen LogP contribution in [-0.4, -0.2) is 33.0 Å². The number of amides is 1. The van der Waals surface area contributed by atoms with Gasteiger partial charge in [-0.1, -0.05) is 29.8 Å². The predicted octanol–water partition coefficient (Wildman–Crippen LogP) is 2.48. The van der Waals surface area contributed by atoms with E-state index in [4.69, 9.17) is 0 Å². The fourth-order valence-corrected chi connectivity index (χ4v) is 3.40. The molecule has 12 heteroatoms. The number of benzene rings is 1. The zero-order chi connectivity index (χ0) is 20.2. The lowest BCUT2D eigenvalue weighted by molar-refractivity contribution is -0.141.